The molecule has 3 heterocycles. The Bertz CT molecular complexity index is 2230. The molecule has 0 saturated carbocycles. The maximum atomic E-state index is 6.35. The van der Waals surface area contributed by atoms with Crippen LogP contribution in [0.5, 0.6) is 5.75 Å². The van der Waals surface area contributed by atoms with Gasteiger partial charge >= 0.3 is 0 Å². The van der Waals surface area contributed by atoms with Crippen molar-refractivity contribution in [2.45, 2.75) is 6.61 Å². The fourth-order valence-corrected chi connectivity index (χ4v) is 6.48. The van der Waals surface area contributed by atoms with E-state index >= 15 is 0 Å². The molecular formula is C37H23NO2. The van der Waals surface area contributed by atoms with Crippen molar-refractivity contribution in [3.05, 3.63) is 133 Å². The highest BCUT2D eigenvalue weighted by atomic mass is 16.5. The molecule has 0 atom stereocenters. The first-order valence-electron chi connectivity index (χ1n) is 13.6. The number of furan rings is 1. The Morgan fingerprint density at radius 3 is 2.08 bits per heavy atom. The summed E-state index contributed by atoms with van der Waals surface area (Å²) in [6, 6.07) is 45.1. The van der Waals surface area contributed by atoms with Gasteiger partial charge in [-0.05, 0) is 64.7 Å². The SMILES string of the molecule is c1ccc2c(c1)oc1cccc(-c3ccc4c(c3)-c3ccc(-n5c6ccccc6c6ccccc65)cc3OC4)c12. The van der Waals surface area contributed by atoms with Crippen LogP contribution in [0.25, 0.3) is 71.7 Å². The van der Waals surface area contributed by atoms with Gasteiger partial charge in [-0.2, -0.15) is 0 Å². The molecule has 8 aromatic rings. The number of hydrogen-bond donors (Lipinski definition) is 0. The third-order valence-electron chi connectivity index (χ3n) is 8.30. The normalized spacial score (nSPS) is 12.6. The minimum absolute atomic E-state index is 0.554. The van der Waals surface area contributed by atoms with Crippen LogP contribution < -0.4 is 4.74 Å². The fraction of sp³-hybridized carbons (Fsp3) is 0.0270. The summed E-state index contributed by atoms with van der Waals surface area (Å²) in [5, 5.41) is 4.82. The van der Waals surface area contributed by atoms with Crippen molar-refractivity contribution < 1.29 is 9.15 Å². The molecule has 0 radical (unpaired) electrons. The lowest BCUT2D eigenvalue weighted by Crippen LogP contribution is -2.06. The van der Waals surface area contributed by atoms with Crippen LogP contribution in [0, 0.1) is 0 Å². The summed E-state index contributed by atoms with van der Waals surface area (Å²) >= 11 is 0. The van der Waals surface area contributed by atoms with E-state index in [-0.39, 0.29) is 0 Å². The maximum absolute atomic E-state index is 6.35. The lowest BCUT2D eigenvalue weighted by atomic mass is 9.91. The van der Waals surface area contributed by atoms with Gasteiger partial charge in [0.15, 0.2) is 0 Å². The van der Waals surface area contributed by atoms with E-state index in [0.29, 0.717) is 6.61 Å². The van der Waals surface area contributed by atoms with Crippen molar-refractivity contribution in [2.75, 3.05) is 0 Å². The third-order valence-corrected chi connectivity index (χ3v) is 8.30. The van der Waals surface area contributed by atoms with E-state index in [1.807, 2.05) is 12.1 Å². The average molecular weight is 514 g/mol. The zero-order chi connectivity index (χ0) is 26.2. The summed E-state index contributed by atoms with van der Waals surface area (Å²) < 4.78 is 14.9. The average Bonchev–Trinajstić information content (AvgIpc) is 3.56. The molecule has 0 saturated heterocycles. The molecule has 0 fully saturated rings. The van der Waals surface area contributed by atoms with Crippen molar-refractivity contribution in [1.82, 2.24) is 4.57 Å². The number of nitrogens with zero attached hydrogens (tertiary/aromatic N) is 1. The molecule has 1 aliphatic rings. The molecule has 2 aromatic heterocycles. The Labute approximate surface area is 230 Å². The molecule has 0 N–H and O–H groups in total. The molecule has 0 unspecified atom stereocenters. The van der Waals surface area contributed by atoms with Gasteiger partial charge in [0, 0.05) is 38.9 Å². The summed E-state index contributed by atoms with van der Waals surface area (Å²) in [5.74, 6) is 0.913. The van der Waals surface area contributed by atoms with E-state index in [4.69, 9.17) is 9.15 Å². The van der Waals surface area contributed by atoms with Gasteiger partial charge in [-0.25, -0.2) is 0 Å². The molecule has 40 heavy (non-hydrogen) atoms. The van der Waals surface area contributed by atoms with Gasteiger partial charge in [-0.15, -0.1) is 0 Å². The molecule has 1 aliphatic heterocycles. The van der Waals surface area contributed by atoms with E-state index in [1.54, 1.807) is 0 Å². The number of para-hydroxylation sites is 3. The van der Waals surface area contributed by atoms with Crippen molar-refractivity contribution in [3.63, 3.8) is 0 Å². The lowest BCUT2D eigenvalue weighted by Gasteiger charge is -2.23. The van der Waals surface area contributed by atoms with Crippen molar-refractivity contribution >= 4 is 43.7 Å². The van der Waals surface area contributed by atoms with E-state index in [1.165, 1.54) is 44.1 Å². The van der Waals surface area contributed by atoms with Crippen LogP contribution in [-0.2, 0) is 6.61 Å². The lowest BCUT2D eigenvalue weighted by molar-refractivity contribution is 0.302. The van der Waals surface area contributed by atoms with Crippen LogP contribution in [-0.4, -0.2) is 4.57 Å². The molecule has 0 amide bonds. The fourth-order valence-electron chi connectivity index (χ4n) is 6.48. The topological polar surface area (TPSA) is 27.3 Å². The predicted octanol–water partition coefficient (Wildman–Crippen LogP) is 9.91. The Balaban J connectivity index is 1.22. The van der Waals surface area contributed by atoms with Crippen molar-refractivity contribution in [1.29, 1.82) is 0 Å². The van der Waals surface area contributed by atoms with Crippen LogP contribution >= 0.6 is 0 Å². The molecule has 0 bridgehead atoms. The molecule has 9 rings (SSSR count). The van der Waals surface area contributed by atoms with Crippen LogP contribution in [0.3, 0.4) is 0 Å². The summed E-state index contributed by atoms with van der Waals surface area (Å²) in [6.45, 7) is 0.554. The maximum Gasteiger partial charge on any atom is 0.136 e. The minimum atomic E-state index is 0.554. The number of aromatic nitrogens is 1. The number of rotatable bonds is 2. The Kier molecular flexibility index (Phi) is 4.39. The Morgan fingerprint density at radius 2 is 1.25 bits per heavy atom. The Morgan fingerprint density at radius 1 is 0.525 bits per heavy atom. The second kappa shape index (κ2) is 8.11. The summed E-state index contributed by atoms with van der Waals surface area (Å²) in [7, 11) is 0. The van der Waals surface area contributed by atoms with Crippen LogP contribution in [0.2, 0.25) is 0 Å². The molecule has 3 heteroatoms. The van der Waals surface area contributed by atoms with Gasteiger partial charge in [-0.3, -0.25) is 0 Å². The summed E-state index contributed by atoms with van der Waals surface area (Å²) in [5.41, 5.74) is 11.2. The van der Waals surface area contributed by atoms with E-state index in [2.05, 4.69) is 120 Å². The van der Waals surface area contributed by atoms with Gasteiger partial charge in [0.2, 0.25) is 0 Å². The quantitative estimate of drug-likeness (QED) is 0.230. The molecular weight excluding hydrogens is 490 g/mol. The highest BCUT2D eigenvalue weighted by molar-refractivity contribution is 6.12. The van der Waals surface area contributed by atoms with E-state index in [0.717, 1.165) is 38.9 Å². The second-order valence-corrected chi connectivity index (χ2v) is 10.5. The van der Waals surface area contributed by atoms with Gasteiger partial charge in [0.25, 0.3) is 0 Å². The van der Waals surface area contributed by atoms with Crippen LogP contribution in [0.1, 0.15) is 5.56 Å². The van der Waals surface area contributed by atoms with E-state index < -0.39 is 0 Å². The monoisotopic (exact) mass is 513 g/mol. The number of ether oxygens (including phenoxy) is 1. The van der Waals surface area contributed by atoms with Gasteiger partial charge in [0.1, 0.15) is 23.5 Å². The van der Waals surface area contributed by atoms with Crippen LogP contribution in [0.15, 0.2) is 132 Å². The van der Waals surface area contributed by atoms with Gasteiger partial charge < -0.3 is 13.7 Å². The zero-order valence-electron chi connectivity index (χ0n) is 21.6. The first-order valence-corrected chi connectivity index (χ1v) is 13.6. The second-order valence-electron chi connectivity index (χ2n) is 10.5. The third kappa shape index (κ3) is 3.00. The van der Waals surface area contributed by atoms with Gasteiger partial charge in [0.05, 0.1) is 11.0 Å². The van der Waals surface area contributed by atoms with Crippen LogP contribution in [0.4, 0.5) is 0 Å². The summed E-state index contributed by atoms with van der Waals surface area (Å²) in [4.78, 5) is 0. The van der Waals surface area contributed by atoms with Crippen molar-refractivity contribution in [2.24, 2.45) is 0 Å². The first kappa shape index (κ1) is 21.6. The van der Waals surface area contributed by atoms with Gasteiger partial charge in [-0.1, -0.05) is 78.9 Å². The number of fused-ring (bicyclic) bond motifs is 9. The smallest absolute Gasteiger partial charge is 0.136 e. The molecule has 3 nitrogen and oxygen atoms in total. The zero-order valence-corrected chi connectivity index (χ0v) is 21.6. The first-order chi connectivity index (χ1) is 19.8. The number of hydrogen-bond acceptors (Lipinski definition) is 2. The predicted molar refractivity (Wildman–Crippen MR) is 163 cm³/mol. The van der Waals surface area contributed by atoms with E-state index in [9.17, 15) is 0 Å². The highest BCUT2D eigenvalue weighted by Gasteiger charge is 2.21. The number of benzene rings is 6. The molecule has 0 aliphatic carbocycles. The molecule has 188 valence electrons. The molecule has 6 aromatic carbocycles. The summed E-state index contributed by atoms with van der Waals surface area (Å²) in [6.07, 6.45) is 0. The standard InChI is InChI=1S/C37H23NO2/c1-4-12-32-27(8-1)28-9-2-5-13-33(28)38(32)25-18-19-29-31-20-23(16-17-24(31)22-39-36(29)21-25)26-11-7-15-35-37(26)30-10-3-6-14-34(30)40-35/h1-21H,22H2. The highest BCUT2D eigenvalue weighted by Crippen LogP contribution is 2.43. The molecule has 0 spiro atoms. The largest absolute Gasteiger partial charge is 0.488 e. The van der Waals surface area contributed by atoms with Crippen molar-refractivity contribution in [3.8, 4) is 33.7 Å². The minimum Gasteiger partial charge on any atom is -0.488 e. The Hall–Kier alpha value is -5.28.